The standard InChI is InChI=1S/C10H15NO3S2/c1-7-5-10(15-8(7)2)16(13,14)11-4-3-9(12)6-11/h5,9,12H,3-4,6H2,1-2H3/t9-/m0/s1. The summed E-state index contributed by atoms with van der Waals surface area (Å²) in [6.07, 6.45) is 0.0136. The summed E-state index contributed by atoms with van der Waals surface area (Å²) in [5, 5.41) is 9.37. The van der Waals surface area contributed by atoms with Crippen molar-refractivity contribution in [2.75, 3.05) is 13.1 Å². The number of aryl methyl sites for hydroxylation is 2. The highest BCUT2D eigenvalue weighted by molar-refractivity contribution is 7.91. The summed E-state index contributed by atoms with van der Waals surface area (Å²) in [4.78, 5) is 1.03. The largest absolute Gasteiger partial charge is 0.392 e. The fraction of sp³-hybridized carbons (Fsp3) is 0.600. The predicted octanol–water partition coefficient (Wildman–Crippen LogP) is 1.12. The van der Waals surface area contributed by atoms with Crippen LogP contribution < -0.4 is 0 Å². The third-order valence-corrected chi connectivity index (χ3v) is 6.33. The summed E-state index contributed by atoms with van der Waals surface area (Å²) in [7, 11) is -3.38. The predicted molar refractivity (Wildman–Crippen MR) is 63.2 cm³/mol. The maximum Gasteiger partial charge on any atom is 0.252 e. The normalized spacial score (nSPS) is 22.8. The SMILES string of the molecule is Cc1cc(S(=O)(=O)N2CC[C@H](O)C2)sc1C. The number of nitrogens with zero attached hydrogens (tertiary/aromatic N) is 1. The molecule has 0 spiro atoms. The molecule has 1 aliphatic heterocycles. The summed E-state index contributed by atoms with van der Waals surface area (Å²) in [6.45, 7) is 4.46. The molecule has 0 unspecified atom stereocenters. The molecule has 0 radical (unpaired) electrons. The fourth-order valence-electron chi connectivity index (χ4n) is 1.72. The molecule has 0 aromatic carbocycles. The first kappa shape index (κ1) is 12.0. The molecule has 2 heterocycles. The monoisotopic (exact) mass is 261 g/mol. The van der Waals surface area contributed by atoms with E-state index < -0.39 is 16.1 Å². The topological polar surface area (TPSA) is 57.6 Å². The molecule has 0 bridgehead atoms. The van der Waals surface area contributed by atoms with Crippen LogP contribution in [0.4, 0.5) is 0 Å². The Morgan fingerprint density at radius 1 is 1.50 bits per heavy atom. The lowest BCUT2D eigenvalue weighted by molar-refractivity contribution is 0.189. The summed E-state index contributed by atoms with van der Waals surface area (Å²) in [5.74, 6) is 0. The van der Waals surface area contributed by atoms with Crippen LogP contribution >= 0.6 is 11.3 Å². The molecule has 6 heteroatoms. The molecule has 1 atom stereocenters. The van der Waals surface area contributed by atoms with Crippen LogP contribution in [-0.2, 0) is 10.0 Å². The van der Waals surface area contributed by atoms with Gasteiger partial charge in [-0.2, -0.15) is 4.31 Å². The lowest BCUT2D eigenvalue weighted by Crippen LogP contribution is -2.29. The van der Waals surface area contributed by atoms with E-state index in [1.54, 1.807) is 6.07 Å². The Bertz CT molecular complexity index is 473. The quantitative estimate of drug-likeness (QED) is 0.868. The minimum Gasteiger partial charge on any atom is -0.392 e. The van der Waals surface area contributed by atoms with Gasteiger partial charge in [0.2, 0.25) is 0 Å². The Morgan fingerprint density at radius 2 is 2.19 bits per heavy atom. The van der Waals surface area contributed by atoms with E-state index >= 15 is 0 Å². The maximum atomic E-state index is 12.2. The Hall–Kier alpha value is -0.430. The number of β-amino-alcohol motifs (C(OH)–C–C–N with tert-alkyl or cyclic N) is 1. The highest BCUT2D eigenvalue weighted by atomic mass is 32.2. The second-order valence-electron chi connectivity index (χ2n) is 4.11. The van der Waals surface area contributed by atoms with Gasteiger partial charge in [0, 0.05) is 18.0 Å². The van der Waals surface area contributed by atoms with E-state index in [9.17, 15) is 13.5 Å². The number of rotatable bonds is 2. The number of thiophene rings is 1. The van der Waals surface area contributed by atoms with Gasteiger partial charge in [0.05, 0.1) is 6.10 Å². The maximum absolute atomic E-state index is 12.2. The molecular weight excluding hydrogens is 246 g/mol. The zero-order valence-corrected chi connectivity index (χ0v) is 10.9. The molecule has 1 saturated heterocycles. The molecule has 90 valence electrons. The Balaban J connectivity index is 2.32. The Labute approximate surface area is 99.6 Å². The third kappa shape index (κ3) is 2.02. The van der Waals surface area contributed by atoms with Gasteiger partial charge in [0.25, 0.3) is 10.0 Å². The van der Waals surface area contributed by atoms with Crippen molar-refractivity contribution >= 4 is 21.4 Å². The van der Waals surface area contributed by atoms with Crippen molar-refractivity contribution in [2.24, 2.45) is 0 Å². The molecule has 2 rings (SSSR count). The smallest absolute Gasteiger partial charge is 0.252 e. The van der Waals surface area contributed by atoms with Crippen molar-refractivity contribution in [3.8, 4) is 0 Å². The van der Waals surface area contributed by atoms with Crippen LogP contribution in [0.3, 0.4) is 0 Å². The zero-order valence-electron chi connectivity index (χ0n) is 9.30. The van der Waals surface area contributed by atoms with Gasteiger partial charge in [-0.15, -0.1) is 11.3 Å². The van der Waals surface area contributed by atoms with Gasteiger partial charge in [-0.05, 0) is 31.9 Å². The van der Waals surface area contributed by atoms with Gasteiger partial charge >= 0.3 is 0 Å². The van der Waals surface area contributed by atoms with Crippen molar-refractivity contribution in [3.63, 3.8) is 0 Å². The van der Waals surface area contributed by atoms with Crippen LogP contribution in [-0.4, -0.2) is 37.0 Å². The summed E-state index contributed by atoms with van der Waals surface area (Å²) in [6, 6.07) is 1.71. The molecular formula is C10H15NO3S2. The molecule has 16 heavy (non-hydrogen) atoms. The highest BCUT2D eigenvalue weighted by Crippen LogP contribution is 2.29. The van der Waals surface area contributed by atoms with Crippen LogP contribution in [0.5, 0.6) is 0 Å². The second-order valence-corrected chi connectivity index (χ2v) is 7.53. The van der Waals surface area contributed by atoms with E-state index in [2.05, 4.69) is 0 Å². The molecule has 1 aromatic heterocycles. The average Bonchev–Trinajstić information content (AvgIpc) is 2.75. The Morgan fingerprint density at radius 3 is 2.62 bits per heavy atom. The van der Waals surface area contributed by atoms with Crippen molar-refractivity contribution in [1.29, 1.82) is 0 Å². The number of aliphatic hydroxyl groups is 1. The van der Waals surface area contributed by atoms with Crippen molar-refractivity contribution < 1.29 is 13.5 Å². The van der Waals surface area contributed by atoms with Crippen LogP contribution in [0.15, 0.2) is 10.3 Å². The second kappa shape index (κ2) is 4.10. The van der Waals surface area contributed by atoms with E-state index in [4.69, 9.17) is 0 Å². The molecule has 4 nitrogen and oxygen atoms in total. The molecule has 1 fully saturated rings. The number of hydrogen-bond acceptors (Lipinski definition) is 4. The third-order valence-electron chi connectivity index (χ3n) is 2.86. The molecule has 1 aliphatic rings. The van der Waals surface area contributed by atoms with Gasteiger partial charge < -0.3 is 5.11 Å². The van der Waals surface area contributed by atoms with Gasteiger partial charge in [-0.1, -0.05) is 0 Å². The van der Waals surface area contributed by atoms with Crippen LogP contribution in [0.25, 0.3) is 0 Å². The number of sulfonamides is 1. The van der Waals surface area contributed by atoms with E-state index in [1.807, 2.05) is 13.8 Å². The molecule has 0 saturated carbocycles. The summed E-state index contributed by atoms with van der Waals surface area (Å²) < 4.78 is 26.1. The summed E-state index contributed by atoms with van der Waals surface area (Å²) >= 11 is 1.30. The van der Waals surface area contributed by atoms with Crippen LogP contribution in [0.2, 0.25) is 0 Å². The van der Waals surface area contributed by atoms with Crippen molar-refractivity contribution in [2.45, 2.75) is 30.6 Å². The average molecular weight is 261 g/mol. The molecule has 0 aliphatic carbocycles. The number of aliphatic hydroxyl groups excluding tert-OH is 1. The summed E-state index contributed by atoms with van der Waals surface area (Å²) in [5.41, 5.74) is 1.00. The lowest BCUT2D eigenvalue weighted by Gasteiger charge is -2.13. The first-order chi connectivity index (χ1) is 7.41. The fourth-order valence-corrected chi connectivity index (χ4v) is 4.89. The van der Waals surface area contributed by atoms with Gasteiger partial charge in [0.15, 0.2) is 0 Å². The van der Waals surface area contributed by atoms with Crippen LogP contribution in [0.1, 0.15) is 16.9 Å². The van der Waals surface area contributed by atoms with E-state index in [0.717, 1.165) is 10.4 Å². The van der Waals surface area contributed by atoms with Gasteiger partial charge in [0.1, 0.15) is 4.21 Å². The minimum atomic E-state index is -3.38. The van der Waals surface area contributed by atoms with E-state index in [-0.39, 0.29) is 6.54 Å². The first-order valence-electron chi connectivity index (χ1n) is 5.16. The molecule has 1 aromatic rings. The lowest BCUT2D eigenvalue weighted by atomic mass is 10.3. The molecule has 0 amide bonds. The number of hydrogen-bond donors (Lipinski definition) is 1. The Kier molecular flexibility index (Phi) is 3.09. The van der Waals surface area contributed by atoms with E-state index in [0.29, 0.717) is 17.2 Å². The van der Waals surface area contributed by atoms with Gasteiger partial charge in [-0.3, -0.25) is 0 Å². The molecule has 1 N–H and O–H groups in total. The zero-order chi connectivity index (χ0) is 11.9. The van der Waals surface area contributed by atoms with Crippen LogP contribution in [0, 0.1) is 13.8 Å². The van der Waals surface area contributed by atoms with Gasteiger partial charge in [-0.25, -0.2) is 8.42 Å². The van der Waals surface area contributed by atoms with Crippen molar-refractivity contribution in [1.82, 2.24) is 4.31 Å². The first-order valence-corrected chi connectivity index (χ1v) is 7.42. The highest BCUT2D eigenvalue weighted by Gasteiger charge is 2.32. The van der Waals surface area contributed by atoms with E-state index in [1.165, 1.54) is 15.6 Å². The minimum absolute atomic E-state index is 0.221. The van der Waals surface area contributed by atoms with Crippen molar-refractivity contribution in [3.05, 3.63) is 16.5 Å².